The lowest BCUT2D eigenvalue weighted by atomic mass is 10.1. The molecule has 0 saturated heterocycles. The van der Waals surface area contributed by atoms with Crippen LogP contribution in [-0.4, -0.2) is 25.8 Å². The van der Waals surface area contributed by atoms with E-state index in [4.69, 9.17) is 5.11 Å². The summed E-state index contributed by atoms with van der Waals surface area (Å²) < 4.78 is 1.70. The number of rotatable bonds is 1. The standard InChI is InChI=1S/C11H9N3O2.C6H12/c1-14-5-9-10(13-14)7-4-6(11(15)16)2-3-8(7)12-9;1-6-4-2-3-5-6/h2-5,12H,1H3,(H,15,16);6H,2-5H2,1H3. The van der Waals surface area contributed by atoms with Crippen LogP contribution < -0.4 is 0 Å². The first-order valence-corrected chi connectivity index (χ1v) is 7.73. The van der Waals surface area contributed by atoms with Crippen LogP contribution in [0.2, 0.25) is 0 Å². The van der Waals surface area contributed by atoms with Gasteiger partial charge in [-0.25, -0.2) is 4.79 Å². The Morgan fingerprint density at radius 1 is 1.32 bits per heavy atom. The maximum atomic E-state index is 10.9. The van der Waals surface area contributed by atoms with Gasteiger partial charge in [0.15, 0.2) is 0 Å². The molecule has 0 aliphatic heterocycles. The van der Waals surface area contributed by atoms with Crippen LogP contribution in [0.15, 0.2) is 24.4 Å². The van der Waals surface area contributed by atoms with Crippen LogP contribution in [0.4, 0.5) is 0 Å². The number of hydrogen-bond acceptors (Lipinski definition) is 2. The first-order chi connectivity index (χ1) is 10.5. The monoisotopic (exact) mass is 299 g/mol. The number of aryl methyl sites for hydroxylation is 1. The zero-order chi connectivity index (χ0) is 15.7. The second-order valence-corrected chi connectivity index (χ2v) is 6.15. The van der Waals surface area contributed by atoms with Crippen molar-refractivity contribution in [1.29, 1.82) is 0 Å². The summed E-state index contributed by atoms with van der Waals surface area (Å²) in [4.78, 5) is 14.1. The molecular formula is C17H21N3O2. The number of H-pyrrole nitrogens is 1. The maximum Gasteiger partial charge on any atom is 0.335 e. The molecule has 5 heteroatoms. The van der Waals surface area contributed by atoms with Crippen molar-refractivity contribution in [2.75, 3.05) is 0 Å². The fraction of sp³-hybridized carbons (Fsp3) is 0.412. The van der Waals surface area contributed by atoms with E-state index in [1.54, 1.807) is 22.9 Å². The lowest BCUT2D eigenvalue weighted by Gasteiger charge is -1.94. The van der Waals surface area contributed by atoms with Gasteiger partial charge in [-0.05, 0) is 24.1 Å². The van der Waals surface area contributed by atoms with Crippen molar-refractivity contribution in [3.63, 3.8) is 0 Å². The predicted molar refractivity (Wildman–Crippen MR) is 87.2 cm³/mol. The summed E-state index contributed by atoms with van der Waals surface area (Å²) in [5.74, 6) is 0.122. The highest BCUT2D eigenvalue weighted by molar-refractivity contribution is 6.07. The van der Waals surface area contributed by atoms with E-state index in [-0.39, 0.29) is 5.56 Å². The molecule has 3 aromatic rings. The summed E-state index contributed by atoms with van der Waals surface area (Å²) in [5.41, 5.74) is 2.91. The van der Waals surface area contributed by atoms with E-state index >= 15 is 0 Å². The summed E-state index contributed by atoms with van der Waals surface area (Å²) in [6.45, 7) is 2.34. The van der Waals surface area contributed by atoms with E-state index in [1.165, 1.54) is 25.7 Å². The van der Waals surface area contributed by atoms with Crippen molar-refractivity contribution in [3.05, 3.63) is 30.0 Å². The Kier molecular flexibility index (Phi) is 3.88. The van der Waals surface area contributed by atoms with Crippen LogP contribution in [0.25, 0.3) is 21.9 Å². The first kappa shape index (κ1) is 14.6. The minimum absolute atomic E-state index is 0.277. The normalized spacial score (nSPS) is 15.2. The Morgan fingerprint density at radius 2 is 2.05 bits per heavy atom. The van der Waals surface area contributed by atoms with Gasteiger partial charge in [0.25, 0.3) is 0 Å². The highest BCUT2D eigenvalue weighted by Gasteiger charge is 2.10. The smallest absolute Gasteiger partial charge is 0.335 e. The number of carboxylic acids is 1. The second kappa shape index (κ2) is 5.83. The lowest BCUT2D eigenvalue weighted by molar-refractivity contribution is 0.0697. The van der Waals surface area contributed by atoms with Crippen LogP contribution in [0, 0.1) is 5.92 Å². The Labute approximate surface area is 128 Å². The molecule has 1 saturated carbocycles. The lowest BCUT2D eigenvalue weighted by Crippen LogP contribution is -1.95. The summed E-state index contributed by atoms with van der Waals surface area (Å²) in [5, 5.41) is 14.1. The average molecular weight is 299 g/mol. The molecule has 4 rings (SSSR count). The number of carbonyl (C=O) groups is 1. The molecule has 0 amide bonds. The quantitative estimate of drug-likeness (QED) is 0.714. The van der Waals surface area contributed by atoms with Crippen molar-refractivity contribution >= 4 is 27.9 Å². The van der Waals surface area contributed by atoms with Crippen molar-refractivity contribution in [3.8, 4) is 0 Å². The number of benzene rings is 1. The van der Waals surface area contributed by atoms with Gasteiger partial charge < -0.3 is 10.1 Å². The van der Waals surface area contributed by atoms with Gasteiger partial charge in [-0.3, -0.25) is 4.68 Å². The van der Waals surface area contributed by atoms with E-state index in [2.05, 4.69) is 17.0 Å². The van der Waals surface area contributed by atoms with Crippen molar-refractivity contribution < 1.29 is 9.90 Å². The molecule has 1 aliphatic rings. The van der Waals surface area contributed by atoms with Gasteiger partial charge in [0.05, 0.1) is 11.1 Å². The Hall–Kier alpha value is -2.30. The zero-order valence-corrected chi connectivity index (χ0v) is 13.0. The number of fused-ring (bicyclic) bond motifs is 3. The SMILES string of the molecule is CC1CCCC1.Cn1cc2[nH]c3ccc(C(=O)O)cc3c2n1. The molecule has 2 aromatic heterocycles. The van der Waals surface area contributed by atoms with Gasteiger partial charge in [0.2, 0.25) is 0 Å². The van der Waals surface area contributed by atoms with Crippen molar-refractivity contribution in [2.45, 2.75) is 32.6 Å². The van der Waals surface area contributed by atoms with Gasteiger partial charge in [-0.2, -0.15) is 5.10 Å². The number of aromatic amines is 1. The van der Waals surface area contributed by atoms with Gasteiger partial charge in [-0.15, -0.1) is 0 Å². The molecule has 1 aliphatic carbocycles. The molecule has 0 radical (unpaired) electrons. The molecule has 22 heavy (non-hydrogen) atoms. The largest absolute Gasteiger partial charge is 0.478 e. The number of nitrogens with zero attached hydrogens (tertiary/aromatic N) is 2. The molecule has 116 valence electrons. The predicted octanol–water partition coefficient (Wildman–Crippen LogP) is 3.95. The fourth-order valence-corrected chi connectivity index (χ4v) is 3.04. The highest BCUT2D eigenvalue weighted by Crippen LogP contribution is 2.24. The summed E-state index contributed by atoms with van der Waals surface area (Å²) in [6.07, 6.45) is 7.82. The number of aromatic nitrogens is 3. The van der Waals surface area contributed by atoms with Crippen LogP contribution in [0.5, 0.6) is 0 Å². The van der Waals surface area contributed by atoms with Crippen LogP contribution in [0.1, 0.15) is 43.0 Å². The Morgan fingerprint density at radius 3 is 2.64 bits per heavy atom. The third-order valence-corrected chi connectivity index (χ3v) is 4.26. The average Bonchev–Trinajstić information content (AvgIpc) is 3.15. The first-order valence-electron chi connectivity index (χ1n) is 7.73. The summed E-state index contributed by atoms with van der Waals surface area (Å²) in [6, 6.07) is 4.99. The minimum atomic E-state index is -0.924. The highest BCUT2D eigenvalue weighted by atomic mass is 16.4. The van der Waals surface area contributed by atoms with E-state index in [1.807, 2.05) is 13.2 Å². The fourth-order valence-electron chi connectivity index (χ4n) is 3.04. The van der Waals surface area contributed by atoms with E-state index in [0.29, 0.717) is 0 Å². The summed E-state index contributed by atoms with van der Waals surface area (Å²) >= 11 is 0. The molecular weight excluding hydrogens is 278 g/mol. The molecule has 2 N–H and O–H groups in total. The van der Waals surface area contributed by atoms with Gasteiger partial charge in [-0.1, -0.05) is 32.6 Å². The van der Waals surface area contributed by atoms with Gasteiger partial charge in [0.1, 0.15) is 5.52 Å². The van der Waals surface area contributed by atoms with Crippen LogP contribution >= 0.6 is 0 Å². The molecule has 1 aromatic carbocycles. The zero-order valence-electron chi connectivity index (χ0n) is 13.0. The number of aromatic carboxylic acids is 1. The van der Waals surface area contributed by atoms with Crippen molar-refractivity contribution in [2.24, 2.45) is 13.0 Å². The molecule has 0 bridgehead atoms. The third-order valence-electron chi connectivity index (χ3n) is 4.26. The number of carboxylic acid groups (broad SMARTS) is 1. The molecule has 0 spiro atoms. The molecule has 0 unspecified atom stereocenters. The molecule has 5 nitrogen and oxygen atoms in total. The second-order valence-electron chi connectivity index (χ2n) is 6.15. The minimum Gasteiger partial charge on any atom is -0.478 e. The summed E-state index contributed by atoms with van der Waals surface area (Å²) in [7, 11) is 1.83. The van der Waals surface area contributed by atoms with E-state index in [0.717, 1.165) is 27.9 Å². The third kappa shape index (κ3) is 2.84. The molecule has 1 fully saturated rings. The number of nitrogens with one attached hydrogen (secondary N) is 1. The molecule has 0 atom stereocenters. The maximum absolute atomic E-state index is 10.9. The van der Waals surface area contributed by atoms with Crippen LogP contribution in [-0.2, 0) is 7.05 Å². The molecule has 2 heterocycles. The van der Waals surface area contributed by atoms with E-state index < -0.39 is 5.97 Å². The van der Waals surface area contributed by atoms with Crippen LogP contribution in [0.3, 0.4) is 0 Å². The van der Waals surface area contributed by atoms with Crippen molar-refractivity contribution in [1.82, 2.24) is 14.8 Å². The number of hydrogen-bond donors (Lipinski definition) is 2. The topological polar surface area (TPSA) is 70.9 Å². The van der Waals surface area contributed by atoms with E-state index in [9.17, 15) is 4.79 Å². The van der Waals surface area contributed by atoms with Gasteiger partial charge in [0, 0.05) is 24.1 Å². The van der Waals surface area contributed by atoms with Gasteiger partial charge >= 0.3 is 5.97 Å². The Bertz CT molecular complexity index is 810. The Balaban J connectivity index is 0.000000202.